The summed E-state index contributed by atoms with van der Waals surface area (Å²) in [5.41, 5.74) is 0.974. The fourth-order valence-electron chi connectivity index (χ4n) is 1.38. The lowest BCUT2D eigenvalue weighted by Gasteiger charge is -1.99. The van der Waals surface area contributed by atoms with Gasteiger partial charge in [-0.05, 0) is 23.8 Å². The molecule has 0 aliphatic carbocycles. The van der Waals surface area contributed by atoms with Crippen molar-refractivity contribution < 1.29 is 14.6 Å². The van der Waals surface area contributed by atoms with Gasteiger partial charge in [0.15, 0.2) is 0 Å². The van der Waals surface area contributed by atoms with Gasteiger partial charge in [0.05, 0.1) is 13.3 Å². The molecular weight excluding hydrogens is 250 g/mol. The molecule has 0 amide bonds. The summed E-state index contributed by atoms with van der Waals surface area (Å²) < 4.78 is 5.12. The van der Waals surface area contributed by atoms with E-state index in [2.05, 4.69) is 4.98 Å². The van der Waals surface area contributed by atoms with Crippen molar-refractivity contribution in [3.63, 3.8) is 0 Å². The van der Waals surface area contributed by atoms with Gasteiger partial charge in [-0.15, -0.1) is 11.3 Å². The van der Waals surface area contributed by atoms with E-state index in [0.29, 0.717) is 5.01 Å². The molecule has 0 unspecified atom stereocenters. The lowest BCUT2D eigenvalue weighted by atomic mass is 10.2. The Morgan fingerprint density at radius 3 is 2.94 bits per heavy atom. The van der Waals surface area contributed by atoms with Crippen molar-refractivity contribution in [1.82, 2.24) is 4.98 Å². The first-order chi connectivity index (χ1) is 8.69. The van der Waals surface area contributed by atoms with Gasteiger partial charge >= 0.3 is 5.97 Å². The molecule has 1 heterocycles. The average Bonchev–Trinajstić information content (AvgIpc) is 2.85. The largest absolute Gasteiger partial charge is 0.497 e. The Labute approximate surface area is 108 Å². The van der Waals surface area contributed by atoms with Crippen LogP contribution in [0.4, 0.5) is 0 Å². The highest BCUT2D eigenvalue weighted by Gasteiger charge is 2.06. The van der Waals surface area contributed by atoms with E-state index in [0.717, 1.165) is 22.6 Å². The van der Waals surface area contributed by atoms with Crippen LogP contribution in [0.25, 0.3) is 12.2 Å². The molecule has 1 aromatic heterocycles. The highest BCUT2D eigenvalue weighted by atomic mass is 32.1. The van der Waals surface area contributed by atoms with Crippen LogP contribution in [0.15, 0.2) is 30.5 Å². The molecule has 2 aromatic rings. The molecule has 0 spiro atoms. The predicted molar refractivity (Wildman–Crippen MR) is 71.0 cm³/mol. The van der Waals surface area contributed by atoms with Crippen LogP contribution in [-0.2, 0) is 0 Å². The van der Waals surface area contributed by atoms with Crippen LogP contribution in [0.3, 0.4) is 0 Å². The molecule has 4 nitrogen and oxygen atoms in total. The molecule has 0 radical (unpaired) electrons. The fourth-order valence-corrected chi connectivity index (χ4v) is 2.04. The van der Waals surface area contributed by atoms with Crippen molar-refractivity contribution in [2.45, 2.75) is 0 Å². The van der Waals surface area contributed by atoms with Crippen LogP contribution in [-0.4, -0.2) is 23.2 Å². The Morgan fingerprint density at radius 1 is 1.44 bits per heavy atom. The summed E-state index contributed by atoms with van der Waals surface area (Å²) in [5, 5.41) is 9.44. The number of ether oxygens (including phenoxy) is 1. The second-order valence-electron chi connectivity index (χ2n) is 3.48. The second-order valence-corrected chi connectivity index (χ2v) is 4.54. The van der Waals surface area contributed by atoms with E-state index in [9.17, 15) is 4.79 Å². The van der Waals surface area contributed by atoms with Crippen molar-refractivity contribution in [3.8, 4) is 5.75 Å². The number of benzene rings is 1. The molecule has 1 N–H and O–H groups in total. The molecule has 92 valence electrons. The molecular formula is C13H11NO3S. The Balaban J connectivity index is 2.16. The first-order valence-electron chi connectivity index (χ1n) is 5.20. The third-order valence-corrected chi connectivity index (χ3v) is 3.20. The summed E-state index contributed by atoms with van der Waals surface area (Å²) in [4.78, 5) is 15.0. The van der Waals surface area contributed by atoms with E-state index in [1.807, 2.05) is 30.3 Å². The van der Waals surface area contributed by atoms with Crippen LogP contribution >= 0.6 is 11.3 Å². The Kier molecular flexibility index (Phi) is 3.74. The molecule has 5 heteroatoms. The SMILES string of the molecule is COc1cccc(/C=C/c2ncc(C(=O)O)s2)c1. The van der Waals surface area contributed by atoms with Crippen LogP contribution in [0.2, 0.25) is 0 Å². The summed E-state index contributed by atoms with van der Waals surface area (Å²) in [6.45, 7) is 0. The number of hydrogen-bond donors (Lipinski definition) is 1. The molecule has 0 saturated carbocycles. The fraction of sp³-hybridized carbons (Fsp3) is 0.0769. The first kappa shape index (κ1) is 12.3. The monoisotopic (exact) mass is 261 g/mol. The molecule has 18 heavy (non-hydrogen) atoms. The maximum absolute atomic E-state index is 10.7. The number of methoxy groups -OCH3 is 1. The summed E-state index contributed by atoms with van der Waals surface area (Å²) >= 11 is 1.14. The van der Waals surface area contributed by atoms with E-state index in [1.165, 1.54) is 6.20 Å². The van der Waals surface area contributed by atoms with Gasteiger partial charge in [0, 0.05) is 0 Å². The van der Waals surface area contributed by atoms with Gasteiger partial charge in [0.2, 0.25) is 0 Å². The molecule has 0 atom stereocenters. The lowest BCUT2D eigenvalue weighted by molar-refractivity contribution is 0.0702. The van der Waals surface area contributed by atoms with Crippen LogP contribution < -0.4 is 4.74 Å². The number of carbonyl (C=O) groups is 1. The molecule has 1 aromatic carbocycles. The number of carboxylic acids is 1. The average molecular weight is 261 g/mol. The highest BCUT2D eigenvalue weighted by Crippen LogP contribution is 2.18. The van der Waals surface area contributed by atoms with Gasteiger partial charge < -0.3 is 9.84 Å². The first-order valence-corrected chi connectivity index (χ1v) is 6.02. The summed E-state index contributed by atoms with van der Waals surface area (Å²) in [5.74, 6) is -0.170. The molecule has 0 saturated heterocycles. The number of thiazole rings is 1. The summed E-state index contributed by atoms with van der Waals surface area (Å²) in [7, 11) is 1.61. The number of hydrogen-bond acceptors (Lipinski definition) is 4. The van der Waals surface area contributed by atoms with Crippen molar-refractivity contribution in [2.75, 3.05) is 7.11 Å². The second kappa shape index (κ2) is 5.46. The number of aromatic carboxylic acids is 1. The van der Waals surface area contributed by atoms with Crippen molar-refractivity contribution in [3.05, 3.63) is 45.9 Å². The molecule has 0 fully saturated rings. The van der Waals surface area contributed by atoms with E-state index >= 15 is 0 Å². The minimum Gasteiger partial charge on any atom is -0.497 e. The lowest BCUT2D eigenvalue weighted by Crippen LogP contribution is -1.89. The van der Waals surface area contributed by atoms with Gasteiger partial charge in [0.1, 0.15) is 15.6 Å². The number of nitrogens with zero attached hydrogens (tertiary/aromatic N) is 1. The van der Waals surface area contributed by atoms with Crippen molar-refractivity contribution >= 4 is 29.5 Å². The topological polar surface area (TPSA) is 59.4 Å². The van der Waals surface area contributed by atoms with E-state index in [4.69, 9.17) is 9.84 Å². The van der Waals surface area contributed by atoms with Crippen molar-refractivity contribution in [2.24, 2.45) is 0 Å². The van der Waals surface area contributed by atoms with Gasteiger partial charge in [-0.3, -0.25) is 0 Å². The minimum atomic E-state index is -0.950. The zero-order valence-corrected chi connectivity index (χ0v) is 10.5. The molecule has 0 aliphatic heterocycles. The van der Waals surface area contributed by atoms with E-state index < -0.39 is 5.97 Å². The van der Waals surface area contributed by atoms with E-state index in [1.54, 1.807) is 13.2 Å². The zero-order valence-electron chi connectivity index (χ0n) is 9.66. The van der Waals surface area contributed by atoms with Gasteiger partial charge in [-0.25, -0.2) is 9.78 Å². The predicted octanol–water partition coefficient (Wildman–Crippen LogP) is 3.02. The van der Waals surface area contributed by atoms with Gasteiger partial charge in [-0.1, -0.05) is 18.2 Å². The number of rotatable bonds is 4. The Morgan fingerprint density at radius 2 is 2.28 bits per heavy atom. The standard InChI is InChI=1S/C13H11NO3S/c1-17-10-4-2-3-9(7-10)5-6-12-14-8-11(18-12)13(15)16/h2-8H,1H3,(H,15,16)/b6-5+. The maximum Gasteiger partial charge on any atom is 0.347 e. The molecule has 0 aliphatic rings. The van der Waals surface area contributed by atoms with Crippen LogP contribution in [0.5, 0.6) is 5.75 Å². The smallest absolute Gasteiger partial charge is 0.347 e. The summed E-state index contributed by atoms with van der Waals surface area (Å²) in [6, 6.07) is 7.58. The number of aromatic nitrogens is 1. The van der Waals surface area contributed by atoms with Crippen LogP contribution in [0.1, 0.15) is 20.2 Å². The van der Waals surface area contributed by atoms with Gasteiger partial charge in [-0.2, -0.15) is 0 Å². The zero-order chi connectivity index (χ0) is 13.0. The van der Waals surface area contributed by atoms with Gasteiger partial charge in [0.25, 0.3) is 0 Å². The van der Waals surface area contributed by atoms with Crippen LogP contribution in [0, 0.1) is 0 Å². The minimum absolute atomic E-state index is 0.236. The molecule has 2 rings (SSSR count). The quantitative estimate of drug-likeness (QED) is 0.919. The maximum atomic E-state index is 10.7. The van der Waals surface area contributed by atoms with E-state index in [-0.39, 0.29) is 4.88 Å². The Hall–Kier alpha value is -2.14. The normalized spacial score (nSPS) is 10.7. The molecule has 0 bridgehead atoms. The van der Waals surface area contributed by atoms with Crippen molar-refractivity contribution in [1.29, 1.82) is 0 Å². The highest BCUT2D eigenvalue weighted by molar-refractivity contribution is 7.14. The third kappa shape index (κ3) is 2.95. The summed E-state index contributed by atoms with van der Waals surface area (Å²) in [6.07, 6.45) is 5.01. The Bertz CT molecular complexity index is 589. The number of carboxylic acid groups (broad SMARTS) is 1. The third-order valence-electron chi connectivity index (χ3n) is 2.25.